The molecular formula is C18H11Cl2N3O3S2. The van der Waals surface area contributed by atoms with Gasteiger partial charge in [0.2, 0.25) is 0 Å². The number of hydrogen-bond donors (Lipinski definition) is 0. The van der Waals surface area contributed by atoms with Crippen molar-refractivity contribution in [2.45, 2.75) is 13.5 Å². The minimum absolute atomic E-state index is 0.0129. The van der Waals surface area contributed by atoms with E-state index in [1.54, 1.807) is 24.3 Å². The van der Waals surface area contributed by atoms with Crippen molar-refractivity contribution >= 4 is 77.8 Å². The summed E-state index contributed by atoms with van der Waals surface area (Å²) in [6, 6.07) is 9.61. The van der Waals surface area contributed by atoms with Crippen LogP contribution in [-0.4, -0.2) is 15.4 Å². The largest absolute Gasteiger partial charge is 0.315 e. The quantitative estimate of drug-likeness (QED) is 0.287. The number of nitrogens with zero attached hydrogens (tertiary/aromatic N) is 3. The van der Waals surface area contributed by atoms with Crippen LogP contribution in [0.2, 0.25) is 10.0 Å². The predicted molar refractivity (Wildman–Crippen MR) is 114 cm³/mol. The van der Waals surface area contributed by atoms with Gasteiger partial charge in [-0.3, -0.25) is 14.9 Å². The highest BCUT2D eigenvalue weighted by Gasteiger charge is 2.15. The second-order valence-corrected chi connectivity index (χ2v) is 8.81. The smallest absolute Gasteiger partial charge is 0.289 e. The maximum Gasteiger partial charge on any atom is 0.289 e. The summed E-state index contributed by atoms with van der Waals surface area (Å²) in [7, 11) is 0. The molecular weight excluding hydrogens is 441 g/mol. The molecule has 10 heteroatoms. The average Bonchev–Trinajstić information content (AvgIpc) is 3.21. The molecule has 0 N–H and O–H groups in total. The molecule has 28 heavy (non-hydrogen) atoms. The van der Waals surface area contributed by atoms with Gasteiger partial charge in [0.05, 0.1) is 25.0 Å². The zero-order valence-electron chi connectivity index (χ0n) is 14.3. The second-order valence-electron chi connectivity index (χ2n) is 5.87. The number of fused-ring (bicyclic) bond motifs is 2. The third-order valence-electron chi connectivity index (χ3n) is 4.13. The maximum absolute atomic E-state index is 12.7. The lowest BCUT2D eigenvalue weighted by Gasteiger charge is -2.02. The van der Waals surface area contributed by atoms with Gasteiger partial charge in [0, 0.05) is 33.8 Å². The summed E-state index contributed by atoms with van der Waals surface area (Å²) in [5.74, 6) is -0.403. The zero-order chi connectivity index (χ0) is 20.0. The highest BCUT2D eigenvalue weighted by atomic mass is 35.5. The van der Waals surface area contributed by atoms with Gasteiger partial charge in [-0.1, -0.05) is 34.5 Å². The number of carbonyl (C=O) groups is 1. The molecule has 0 saturated heterocycles. The Hall–Kier alpha value is -2.26. The van der Waals surface area contributed by atoms with Crippen molar-refractivity contribution < 1.29 is 9.72 Å². The summed E-state index contributed by atoms with van der Waals surface area (Å²) in [6.07, 6.45) is 0. The lowest BCUT2D eigenvalue weighted by molar-refractivity contribution is -0.384. The molecule has 0 atom stereocenters. The molecule has 0 aliphatic rings. The van der Waals surface area contributed by atoms with Crippen LogP contribution in [0.25, 0.3) is 20.3 Å². The van der Waals surface area contributed by atoms with E-state index >= 15 is 0 Å². The molecule has 6 nitrogen and oxygen atoms in total. The van der Waals surface area contributed by atoms with Crippen LogP contribution in [-0.2, 0) is 6.54 Å². The number of nitro benzene ring substituents is 1. The molecule has 0 spiro atoms. The molecule has 0 aliphatic carbocycles. The number of aryl methyl sites for hydroxylation is 1. The minimum atomic E-state index is -0.459. The first-order chi connectivity index (χ1) is 13.4. The molecule has 0 aliphatic heterocycles. The highest BCUT2D eigenvalue weighted by Crippen LogP contribution is 2.31. The van der Waals surface area contributed by atoms with Gasteiger partial charge in [0.25, 0.3) is 11.6 Å². The average molecular weight is 452 g/mol. The van der Waals surface area contributed by atoms with Crippen molar-refractivity contribution in [3.05, 3.63) is 66.2 Å². The van der Waals surface area contributed by atoms with Crippen LogP contribution in [0.1, 0.15) is 16.6 Å². The van der Waals surface area contributed by atoms with E-state index < -0.39 is 10.8 Å². The number of rotatable bonds is 3. The van der Waals surface area contributed by atoms with E-state index in [1.165, 1.54) is 34.8 Å². The Kier molecular flexibility index (Phi) is 4.96. The molecule has 0 saturated carbocycles. The highest BCUT2D eigenvalue weighted by molar-refractivity contribution is 7.21. The van der Waals surface area contributed by atoms with Crippen LogP contribution in [0.4, 0.5) is 5.69 Å². The second kappa shape index (κ2) is 7.29. The molecule has 0 bridgehead atoms. The standard InChI is InChI=1S/C18H11Cl2N3O3S2/c1-2-22-16-12(20)7-10(19)8-14(16)28-18(22)21-17(24)15-6-9-5-11(23(25)26)3-4-13(9)27-15/h3-8H,2H2,1H3. The first kappa shape index (κ1) is 19.1. The van der Waals surface area contributed by atoms with Crippen molar-refractivity contribution in [3.63, 3.8) is 0 Å². The number of thiophene rings is 1. The fourth-order valence-corrected chi connectivity index (χ4v) is 5.70. The Labute approximate surface area is 176 Å². The van der Waals surface area contributed by atoms with Crippen LogP contribution in [0.3, 0.4) is 0 Å². The Morgan fingerprint density at radius 2 is 1.96 bits per heavy atom. The Balaban J connectivity index is 1.83. The van der Waals surface area contributed by atoms with Crippen LogP contribution in [0.15, 0.2) is 41.4 Å². The monoisotopic (exact) mass is 451 g/mol. The third kappa shape index (κ3) is 3.33. The van der Waals surface area contributed by atoms with Crippen molar-refractivity contribution in [2.75, 3.05) is 0 Å². The van der Waals surface area contributed by atoms with E-state index in [1.807, 2.05) is 11.5 Å². The number of nitro groups is 1. The molecule has 1 amide bonds. The van der Waals surface area contributed by atoms with Crippen LogP contribution in [0.5, 0.6) is 0 Å². The molecule has 0 radical (unpaired) electrons. The van der Waals surface area contributed by atoms with E-state index in [0.29, 0.717) is 31.7 Å². The fourth-order valence-electron chi connectivity index (χ4n) is 2.90. The molecule has 4 rings (SSSR count). The predicted octanol–water partition coefficient (Wildman–Crippen LogP) is 5.89. The van der Waals surface area contributed by atoms with Crippen LogP contribution in [0, 0.1) is 10.1 Å². The summed E-state index contributed by atoms with van der Waals surface area (Å²) < 4.78 is 3.51. The van der Waals surface area contributed by atoms with E-state index in [9.17, 15) is 14.9 Å². The SMILES string of the molecule is CCn1c(=NC(=O)c2cc3cc([N+](=O)[O-])ccc3s2)sc2cc(Cl)cc(Cl)c21. The zero-order valence-corrected chi connectivity index (χ0v) is 17.5. The molecule has 2 aromatic carbocycles. The molecule has 2 heterocycles. The van der Waals surface area contributed by atoms with E-state index in [-0.39, 0.29) is 5.69 Å². The number of non-ortho nitro benzene ring substituents is 1. The number of halogens is 2. The summed E-state index contributed by atoms with van der Waals surface area (Å²) in [5.41, 5.74) is 0.776. The van der Waals surface area contributed by atoms with E-state index in [0.717, 1.165) is 14.9 Å². The minimum Gasteiger partial charge on any atom is -0.315 e. The number of thiazole rings is 1. The van der Waals surface area contributed by atoms with Gasteiger partial charge in [-0.25, -0.2) is 0 Å². The first-order valence-electron chi connectivity index (χ1n) is 8.13. The lowest BCUT2D eigenvalue weighted by atomic mass is 10.2. The summed E-state index contributed by atoms with van der Waals surface area (Å²) in [4.78, 5) is 28.4. The lowest BCUT2D eigenvalue weighted by Crippen LogP contribution is -2.15. The summed E-state index contributed by atoms with van der Waals surface area (Å²) >= 11 is 15.0. The first-order valence-corrected chi connectivity index (χ1v) is 10.5. The number of carbonyl (C=O) groups excluding carboxylic acids is 1. The fraction of sp³-hybridized carbons (Fsp3) is 0.111. The Morgan fingerprint density at radius 3 is 2.68 bits per heavy atom. The van der Waals surface area contributed by atoms with Crippen LogP contribution >= 0.6 is 45.9 Å². The topological polar surface area (TPSA) is 77.5 Å². The maximum atomic E-state index is 12.7. The van der Waals surface area contributed by atoms with E-state index in [2.05, 4.69) is 4.99 Å². The van der Waals surface area contributed by atoms with Crippen molar-refractivity contribution in [3.8, 4) is 0 Å². The molecule has 2 aromatic heterocycles. The van der Waals surface area contributed by atoms with E-state index in [4.69, 9.17) is 23.2 Å². The van der Waals surface area contributed by atoms with Gasteiger partial charge < -0.3 is 4.57 Å². The molecule has 0 fully saturated rings. The number of amides is 1. The number of hydrogen-bond acceptors (Lipinski definition) is 5. The van der Waals surface area contributed by atoms with Gasteiger partial charge in [-0.2, -0.15) is 4.99 Å². The van der Waals surface area contributed by atoms with Crippen LogP contribution < -0.4 is 4.80 Å². The summed E-state index contributed by atoms with van der Waals surface area (Å²) in [6.45, 7) is 2.53. The molecule has 4 aromatic rings. The van der Waals surface area contributed by atoms with Crippen molar-refractivity contribution in [2.24, 2.45) is 4.99 Å². The Bertz CT molecular complexity index is 1340. The van der Waals surface area contributed by atoms with Gasteiger partial charge in [-0.05, 0) is 31.2 Å². The Morgan fingerprint density at radius 1 is 1.18 bits per heavy atom. The van der Waals surface area contributed by atoms with Gasteiger partial charge in [0.1, 0.15) is 0 Å². The van der Waals surface area contributed by atoms with Gasteiger partial charge in [0.15, 0.2) is 4.80 Å². The number of benzene rings is 2. The molecule has 0 unspecified atom stereocenters. The van der Waals surface area contributed by atoms with Crippen molar-refractivity contribution in [1.29, 1.82) is 0 Å². The number of aromatic nitrogens is 1. The van der Waals surface area contributed by atoms with Gasteiger partial charge >= 0.3 is 0 Å². The molecule has 142 valence electrons. The van der Waals surface area contributed by atoms with Gasteiger partial charge in [-0.15, -0.1) is 11.3 Å². The van der Waals surface area contributed by atoms with Crippen molar-refractivity contribution in [1.82, 2.24) is 4.57 Å². The summed E-state index contributed by atoms with van der Waals surface area (Å²) in [5, 5.41) is 12.6. The normalized spacial score (nSPS) is 12.2. The third-order valence-corrected chi connectivity index (χ3v) is 6.77.